The molecule has 19 nitrogen and oxygen atoms in total. The van der Waals surface area contributed by atoms with E-state index in [1.165, 1.54) is 5.56 Å². The Morgan fingerprint density at radius 3 is 2.12 bits per heavy atom. The standard InChI is InChI=1S/C57H58N14O5/c1-70-28-20-57(21-29-70,65-43-7-2-5-41(32-43)52(72)60-34-37-11-12-47-40(31-37)17-30-74-47)55-63-51(67-69-55)39-15-26-71(27-16-39)36-76-48-10-4-9-45-46(35-75-49(45)48)61-53(73)42-6-3-8-44(33-42)64-56(18-24-59-25-19-56)54-62-50(66-68-54)38-13-22-58-23-14-38/h2-16,22-23,26-27,31-33,46,59,64-65H,17-21,24-25,28-30,34-36H2,1H3,(H3,58,60,61,62,66,68,72,73)/p+1/t46-/m0/s1. The fourth-order valence-corrected chi connectivity index (χ4v) is 10.6. The van der Waals surface area contributed by atoms with Gasteiger partial charge in [0.2, 0.25) is 0 Å². The van der Waals surface area contributed by atoms with E-state index >= 15 is 0 Å². The Kier molecular flexibility index (Phi) is 13.3. The van der Waals surface area contributed by atoms with Gasteiger partial charge in [0.1, 0.15) is 12.4 Å². The zero-order valence-electron chi connectivity index (χ0n) is 42.1. The maximum absolute atomic E-state index is 13.9. The quantitative estimate of drug-likeness (QED) is 0.0519. The number of piperidine rings is 2. The molecule has 0 aliphatic carbocycles. The number of benzene rings is 4. The number of hydrogen-bond donors (Lipinski definition) is 7. The molecule has 2 saturated heterocycles. The van der Waals surface area contributed by atoms with Crippen LogP contribution in [0.5, 0.6) is 17.2 Å². The number of fused-ring (bicyclic) bond motifs is 2. The molecule has 4 aliphatic rings. The zero-order valence-corrected chi connectivity index (χ0v) is 42.1. The Morgan fingerprint density at radius 1 is 0.750 bits per heavy atom. The van der Waals surface area contributed by atoms with Crippen LogP contribution < -0.4 is 45.4 Å². The lowest BCUT2D eigenvalue weighted by atomic mass is 9.86. The van der Waals surface area contributed by atoms with Gasteiger partial charge in [0.25, 0.3) is 18.5 Å². The third-order valence-electron chi connectivity index (χ3n) is 14.9. The number of likely N-dealkylation sites (tertiary alicyclic amines) is 1. The second kappa shape index (κ2) is 20.9. The van der Waals surface area contributed by atoms with Crippen molar-refractivity contribution >= 4 is 23.2 Å². The maximum Gasteiger partial charge on any atom is 0.292 e. The lowest BCUT2D eigenvalue weighted by Gasteiger charge is -2.40. The largest absolute Gasteiger partial charge is 0.493 e. The van der Waals surface area contributed by atoms with Crippen LogP contribution in [0.1, 0.15) is 80.8 Å². The first-order valence-electron chi connectivity index (χ1n) is 25.9. The van der Waals surface area contributed by atoms with Gasteiger partial charge in [-0.1, -0.05) is 36.4 Å². The second-order valence-corrected chi connectivity index (χ2v) is 20.0. The summed E-state index contributed by atoms with van der Waals surface area (Å²) in [6.45, 7) is 4.94. The molecule has 0 unspecified atom stereocenters. The van der Waals surface area contributed by atoms with Crippen molar-refractivity contribution in [2.45, 2.75) is 62.5 Å². The average Bonchev–Trinajstić information content (AvgIpc) is 4.33. The van der Waals surface area contributed by atoms with Gasteiger partial charge in [0.05, 0.1) is 23.7 Å². The van der Waals surface area contributed by atoms with Crippen molar-refractivity contribution in [1.29, 1.82) is 0 Å². The van der Waals surface area contributed by atoms with E-state index in [0.717, 1.165) is 109 Å². The van der Waals surface area contributed by atoms with Gasteiger partial charge >= 0.3 is 0 Å². The number of amides is 2. The SMILES string of the molecule is CN1CCC(Nc2cccc(C(=O)NCc3ccc4c(c3)CCO4)c2)(c2nc(-c3cc[n+](COc4cccc5c4OC[C@@H]5NC(=O)c4cccc(NC5(c6nc(-c7ccncc7)n[nH]6)CCNCC5)c4)cc3)n[nH]2)CC1. The summed E-state index contributed by atoms with van der Waals surface area (Å²) in [6.07, 6.45) is 11.3. The molecule has 386 valence electrons. The van der Waals surface area contributed by atoms with Gasteiger partial charge in [-0.05, 0) is 118 Å². The minimum Gasteiger partial charge on any atom is -0.493 e. The minimum atomic E-state index is -0.534. The van der Waals surface area contributed by atoms with E-state index in [2.05, 4.69) is 70.0 Å². The first-order chi connectivity index (χ1) is 37.2. The highest BCUT2D eigenvalue weighted by Gasteiger charge is 2.40. The number of para-hydroxylation sites is 1. The number of aromatic nitrogens is 8. The fraction of sp³-hybridized carbons (Fsp3) is 0.298. The van der Waals surface area contributed by atoms with E-state index in [4.69, 9.17) is 24.2 Å². The summed E-state index contributed by atoms with van der Waals surface area (Å²) in [6, 6.07) is 34.3. The third kappa shape index (κ3) is 10.1. The fourth-order valence-electron chi connectivity index (χ4n) is 10.6. The summed E-state index contributed by atoms with van der Waals surface area (Å²) in [5.74, 6) is 4.43. The van der Waals surface area contributed by atoms with E-state index < -0.39 is 11.1 Å². The van der Waals surface area contributed by atoms with Crippen molar-refractivity contribution in [2.24, 2.45) is 0 Å². The molecule has 0 bridgehead atoms. The van der Waals surface area contributed by atoms with Crippen molar-refractivity contribution < 1.29 is 28.4 Å². The van der Waals surface area contributed by atoms with Crippen LogP contribution in [0.25, 0.3) is 22.8 Å². The van der Waals surface area contributed by atoms with Gasteiger partial charge in [-0.15, -0.1) is 0 Å². The number of pyridine rings is 2. The van der Waals surface area contributed by atoms with Gasteiger partial charge in [0.15, 0.2) is 47.2 Å². The Balaban J connectivity index is 0.674. The van der Waals surface area contributed by atoms with Gasteiger partial charge < -0.3 is 45.7 Å². The molecule has 1 atom stereocenters. The number of aromatic amines is 2. The molecule has 8 aromatic rings. The number of ether oxygens (including phenoxy) is 3. The monoisotopic (exact) mass is 1020 g/mol. The van der Waals surface area contributed by atoms with Crippen LogP contribution in [0.3, 0.4) is 0 Å². The van der Waals surface area contributed by atoms with Crippen LogP contribution in [0.4, 0.5) is 11.4 Å². The van der Waals surface area contributed by atoms with E-state index in [1.807, 2.05) is 120 Å². The molecule has 76 heavy (non-hydrogen) atoms. The molecule has 8 heterocycles. The number of hydrogen-bond acceptors (Lipinski definition) is 14. The predicted octanol–water partition coefficient (Wildman–Crippen LogP) is 6.43. The number of carbonyl (C=O) groups excluding carboxylic acids is 2. The molecule has 19 heteroatoms. The van der Waals surface area contributed by atoms with Gasteiger partial charge in [-0.3, -0.25) is 24.8 Å². The van der Waals surface area contributed by atoms with Gasteiger partial charge in [-0.2, -0.15) is 14.8 Å². The van der Waals surface area contributed by atoms with Crippen molar-refractivity contribution in [1.82, 2.24) is 56.2 Å². The number of carbonyl (C=O) groups is 2. The lowest BCUT2D eigenvalue weighted by Crippen LogP contribution is -2.46. The minimum absolute atomic E-state index is 0.141. The molecule has 12 rings (SSSR count). The van der Waals surface area contributed by atoms with Crippen LogP contribution >= 0.6 is 0 Å². The van der Waals surface area contributed by atoms with Crippen LogP contribution in [0.2, 0.25) is 0 Å². The summed E-state index contributed by atoms with van der Waals surface area (Å²) >= 11 is 0. The number of nitrogens with one attached hydrogen (secondary N) is 7. The van der Waals surface area contributed by atoms with Crippen molar-refractivity contribution in [2.75, 3.05) is 57.1 Å². The molecule has 4 aromatic carbocycles. The molecular weight excluding hydrogens is 961 g/mol. The average molecular weight is 1020 g/mol. The third-order valence-corrected chi connectivity index (χ3v) is 14.9. The smallest absolute Gasteiger partial charge is 0.292 e. The van der Waals surface area contributed by atoms with E-state index in [0.29, 0.717) is 47.4 Å². The Hall–Kier alpha value is -8.68. The lowest BCUT2D eigenvalue weighted by molar-refractivity contribution is -0.724. The van der Waals surface area contributed by atoms with Crippen LogP contribution in [-0.2, 0) is 30.8 Å². The highest BCUT2D eigenvalue weighted by atomic mass is 16.5. The van der Waals surface area contributed by atoms with Crippen molar-refractivity contribution in [3.63, 3.8) is 0 Å². The molecule has 0 radical (unpaired) electrons. The van der Waals surface area contributed by atoms with Crippen molar-refractivity contribution in [3.05, 3.63) is 173 Å². The Bertz CT molecular complexity index is 3370. The maximum atomic E-state index is 13.9. The first-order valence-corrected chi connectivity index (χ1v) is 25.9. The first kappa shape index (κ1) is 48.3. The van der Waals surface area contributed by atoms with E-state index in [9.17, 15) is 9.59 Å². The molecule has 2 amide bonds. The van der Waals surface area contributed by atoms with Crippen LogP contribution in [0, 0.1) is 0 Å². The molecule has 4 aliphatic heterocycles. The molecule has 7 N–H and O–H groups in total. The predicted molar refractivity (Wildman–Crippen MR) is 284 cm³/mol. The summed E-state index contributed by atoms with van der Waals surface area (Å²) in [4.78, 5) is 43.7. The van der Waals surface area contributed by atoms with Gasteiger partial charge in [-0.25, -0.2) is 9.97 Å². The number of H-pyrrole nitrogens is 2. The molecule has 0 saturated carbocycles. The van der Waals surface area contributed by atoms with E-state index in [1.54, 1.807) is 12.4 Å². The summed E-state index contributed by atoms with van der Waals surface area (Å²) < 4.78 is 20.1. The Morgan fingerprint density at radius 2 is 1.41 bits per heavy atom. The van der Waals surface area contributed by atoms with Crippen LogP contribution in [0.15, 0.2) is 134 Å². The second-order valence-electron chi connectivity index (χ2n) is 20.0. The molecule has 2 fully saturated rings. The van der Waals surface area contributed by atoms with E-state index in [-0.39, 0.29) is 31.2 Å². The summed E-state index contributed by atoms with van der Waals surface area (Å²) in [5.41, 5.74) is 6.48. The molecule has 4 aromatic heterocycles. The summed E-state index contributed by atoms with van der Waals surface area (Å²) in [7, 11) is 2.12. The Labute approximate surface area is 439 Å². The molecular formula is C57H59N14O5+. The number of anilines is 2. The normalized spacial score (nSPS) is 17.4. The summed E-state index contributed by atoms with van der Waals surface area (Å²) in [5, 5.41) is 32.9. The van der Waals surface area contributed by atoms with Gasteiger partial charge in [0, 0.05) is 89.8 Å². The number of rotatable bonds is 16. The number of nitrogens with zero attached hydrogens (tertiary/aromatic N) is 7. The van der Waals surface area contributed by atoms with Crippen molar-refractivity contribution in [3.8, 4) is 40.0 Å². The highest BCUT2D eigenvalue weighted by Crippen LogP contribution is 2.41. The zero-order chi connectivity index (χ0) is 51.5. The molecule has 0 spiro atoms. The highest BCUT2D eigenvalue weighted by molar-refractivity contribution is 5.96. The van der Waals surface area contributed by atoms with Crippen LogP contribution in [-0.4, -0.2) is 98.5 Å². The topological polar surface area (TPSA) is 225 Å².